The molecule has 5 rings (SSSR count). The van der Waals surface area contributed by atoms with Gasteiger partial charge in [-0.2, -0.15) is 0 Å². The van der Waals surface area contributed by atoms with E-state index in [1.54, 1.807) is 7.11 Å². The third-order valence-corrected chi connectivity index (χ3v) is 7.15. The summed E-state index contributed by atoms with van der Waals surface area (Å²) in [5.41, 5.74) is 5.23. The topological polar surface area (TPSA) is 35.9 Å². The summed E-state index contributed by atoms with van der Waals surface area (Å²) in [6, 6.07) is 21.4. The summed E-state index contributed by atoms with van der Waals surface area (Å²) in [4.78, 5) is 5.16. The highest BCUT2D eigenvalue weighted by molar-refractivity contribution is 5.43. The van der Waals surface area contributed by atoms with Crippen LogP contribution in [0, 0.1) is 5.41 Å². The predicted molar refractivity (Wildman–Crippen MR) is 118 cm³/mol. The second kappa shape index (κ2) is 7.38. The fourth-order valence-electron chi connectivity index (χ4n) is 5.56. The standard InChI is InChI=1S/C26H30N2O2/c1-25-15-16-27(18-20-9-5-3-6-10-20)24(25)28(19-21-11-7-4-8-12-21)23-13-14-26(29,30-2)17-22(23)25/h3-14,24,29H,15-19H2,1-2H3/t24?,25-,26?/m0/s1. The van der Waals surface area contributed by atoms with Crippen LogP contribution in [0.25, 0.3) is 0 Å². The zero-order valence-electron chi connectivity index (χ0n) is 17.8. The minimum absolute atomic E-state index is 0.00381. The van der Waals surface area contributed by atoms with E-state index in [2.05, 4.69) is 83.5 Å². The maximum atomic E-state index is 10.9. The summed E-state index contributed by atoms with van der Waals surface area (Å²) in [5, 5.41) is 10.9. The Morgan fingerprint density at radius 1 is 1.00 bits per heavy atom. The van der Waals surface area contributed by atoms with Gasteiger partial charge in [-0.05, 0) is 35.3 Å². The van der Waals surface area contributed by atoms with Crippen molar-refractivity contribution in [3.05, 3.63) is 95.2 Å². The molecule has 0 spiro atoms. The third kappa shape index (κ3) is 3.20. The Morgan fingerprint density at radius 3 is 2.27 bits per heavy atom. The Balaban J connectivity index is 1.52. The minimum atomic E-state index is -1.21. The Labute approximate surface area is 179 Å². The van der Waals surface area contributed by atoms with Crippen LogP contribution < -0.4 is 0 Å². The lowest BCUT2D eigenvalue weighted by Crippen LogP contribution is -2.46. The first-order valence-electron chi connectivity index (χ1n) is 10.8. The second-order valence-electron chi connectivity index (χ2n) is 9.03. The highest BCUT2D eigenvalue weighted by Crippen LogP contribution is 2.56. The molecule has 2 unspecified atom stereocenters. The molecule has 2 aromatic rings. The summed E-state index contributed by atoms with van der Waals surface area (Å²) in [6.45, 7) is 5.22. The Hall–Kier alpha value is -2.40. The van der Waals surface area contributed by atoms with Gasteiger partial charge >= 0.3 is 0 Å². The van der Waals surface area contributed by atoms with Gasteiger partial charge in [0.2, 0.25) is 0 Å². The average molecular weight is 403 g/mol. The number of rotatable bonds is 5. The van der Waals surface area contributed by atoms with Crippen molar-refractivity contribution in [2.45, 2.75) is 44.8 Å². The first-order chi connectivity index (χ1) is 14.5. The van der Waals surface area contributed by atoms with Crippen LogP contribution in [0.15, 0.2) is 84.1 Å². The lowest BCUT2D eigenvalue weighted by atomic mass is 9.76. The van der Waals surface area contributed by atoms with Gasteiger partial charge in [0, 0.05) is 44.3 Å². The summed E-state index contributed by atoms with van der Waals surface area (Å²) in [6.07, 6.45) is 5.78. The fourth-order valence-corrected chi connectivity index (χ4v) is 5.56. The normalized spacial score (nSPS) is 30.6. The molecule has 0 bridgehead atoms. The molecule has 1 saturated heterocycles. The molecule has 4 nitrogen and oxygen atoms in total. The maximum Gasteiger partial charge on any atom is 0.189 e. The van der Waals surface area contributed by atoms with E-state index in [4.69, 9.17) is 4.74 Å². The van der Waals surface area contributed by atoms with E-state index in [1.807, 2.05) is 6.08 Å². The van der Waals surface area contributed by atoms with Gasteiger partial charge in [-0.3, -0.25) is 4.90 Å². The lowest BCUT2D eigenvalue weighted by Gasteiger charge is -2.38. The van der Waals surface area contributed by atoms with Crippen molar-refractivity contribution in [1.82, 2.24) is 9.80 Å². The van der Waals surface area contributed by atoms with Crippen LogP contribution in [0.5, 0.6) is 0 Å². The Bertz CT molecular complexity index is 971. The second-order valence-corrected chi connectivity index (χ2v) is 9.03. The molecule has 0 saturated carbocycles. The molecule has 0 aromatic heterocycles. The van der Waals surface area contributed by atoms with E-state index in [0.29, 0.717) is 6.42 Å². The highest BCUT2D eigenvalue weighted by atomic mass is 16.6. The third-order valence-electron chi connectivity index (χ3n) is 7.15. The summed E-state index contributed by atoms with van der Waals surface area (Å²) in [5.74, 6) is -1.21. The molecule has 0 radical (unpaired) electrons. The van der Waals surface area contributed by atoms with E-state index < -0.39 is 5.79 Å². The van der Waals surface area contributed by atoms with Crippen LogP contribution >= 0.6 is 0 Å². The van der Waals surface area contributed by atoms with Crippen LogP contribution in [0.3, 0.4) is 0 Å². The molecule has 1 N–H and O–H groups in total. The highest BCUT2D eigenvalue weighted by Gasteiger charge is 2.56. The van der Waals surface area contributed by atoms with Gasteiger partial charge in [0.25, 0.3) is 0 Å². The number of benzene rings is 2. The number of fused-ring (bicyclic) bond motifs is 2. The molecule has 1 aliphatic carbocycles. The van der Waals surface area contributed by atoms with Crippen molar-refractivity contribution in [3.63, 3.8) is 0 Å². The van der Waals surface area contributed by atoms with Crippen molar-refractivity contribution in [3.8, 4) is 0 Å². The van der Waals surface area contributed by atoms with Gasteiger partial charge < -0.3 is 14.7 Å². The van der Waals surface area contributed by atoms with Gasteiger partial charge in [-0.15, -0.1) is 0 Å². The van der Waals surface area contributed by atoms with Crippen LogP contribution in [-0.2, 0) is 17.8 Å². The molecule has 4 heteroatoms. The monoisotopic (exact) mass is 402 g/mol. The Morgan fingerprint density at radius 2 is 1.63 bits per heavy atom. The minimum Gasteiger partial charge on any atom is -0.362 e. The molecular formula is C26H30N2O2. The number of nitrogens with zero attached hydrogens (tertiary/aromatic N) is 2. The molecule has 1 fully saturated rings. The smallest absolute Gasteiger partial charge is 0.189 e. The van der Waals surface area contributed by atoms with Gasteiger partial charge in [0.1, 0.15) is 0 Å². The zero-order chi connectivity index (χ0) is 20.8. The molecule has 2 aromatic carbocycles. The van der Waals surface area contributed by atoms with Crippen LogP contribution in [0.4, 0.5) is 0 Å². The first-order valence-corrected chi connectivity index (χ1v) is 10.8. The van der Waals surface area contributed by atoms with Crippen molar-refractivity contribution in [2.75, 3.05) is 13.7 Å². The Kier molecular flexibility index (Phi) is 4.81. The van der Waals surface area contributed by atoms with Crippen molar-refractivity contribution >= 4 is 0 Å². The molecule has 2 aliphatic heterocycles. The average Bonchev–Trinajstić information content (AvgIpc) is 3.21. The van der Waals surface area contributed by atoms with Gasteiger partial charge in [-0.1, -0.05) is 67.6 Å². The quantitative estimate of drug-likeness (QED) is 0.757. The van der Waals surface area contributed by atoms with E-state index in [1.165, 1.54) is 22.4 Å². The number of likely N-dealkylation sites (tertiary alicyclic amines) is 1. The lowest BCUT2D eigenvalue weighted by molar-refractivity contribution is -0.147. The van der Waals surface area contributed by atoms with Crippen LogP contribution in [0.2, 0.25) is 0 Å². The molecule has 156 valence electrons. The van der Waals surface area contributed by atoms with E-state index in [-0.39, 0.29) is 11.6 Å². The number of hydrogen-bond donors (Lipinski definition) is 1. The molecule has 30 heavy (non-hydrogen) atoms. The van der Waals surface area contributed by atoms with E-state index in [9.17, 15) is 5.11 Å². The molecule has 3 aliphatic rings. The predicted octanol–water partition coefficient (Wildman–Crippen LogP) is 4.29. The van der Waals surface area contributed by atoms with Crippen molar-refractivity contribution in [1.29, 1.82) is 0 Å². The fraction of sp³-hybridized carbons (Fsp3) is 0.385. The summed E-state index contributed by atoms with van der Waals surface area (Å²) >= 11 is 0. The van der Waals surface area contributed by atoms with E-state index in [0.717, 1.165) is 26.1 Å². The van der Waals surface area contributed by atoms with Gasteiger partial charge in [-0.25, -0.2) is 0 Å². The zero-order valence-corrected chi connectivity index (χ0v) is 17.8. The number of methoxy groups -OCH3 is 1. The number of aliphatic hydroxyl groups is 1. The summed E-state index contributed by atoms with van der Waals surface area (Å²) < 4.78 is 5.46. The van der Waals surface area contributed by atoms with E-state index >= 15 is 0 Å². The molecule has 2 heterocycles. The van der Waals surface area contributed by atoms with Crippen molar-refractivity contribution in [2.24, 2.45) is 5.41 Å². The number of allylic oxidation sites excluding steroid dienone is 1. The summed E-state index contributed by atoms with van der Waals surface area (Å²) in [7, 11) is 1.59. The van der Waals surface area contributed by atoms with Crippen LogP contribution in [0.1, 0.15) is 30.9 Å². The molecule has 0 amide bonds. The van der Waals surface area contributed by atoms with Crippen molar-refractivity contribution < 1.29 is 9.84 Å². The maximum absolute atomic E-state index is 10.9. The first kappa shape index (κ1) is 19.6. The number of ether oxygens (including phenoxy) is 1. The van der Waals surface area contributed by atoms with Crippen LogP contribution in [-0.4, -0.2) is 40.5 Å². The molecular weight excluding hydrogens is 372 g/mol. The van der Waals surface area contributed by atoms with Gasteiger partial charge in [0.15, 0.2) is 5.79 Å². The SMILES string of the molecule is COC1(O)C=CC2=C(C1)[C@]1(C)CCN(Cc3ccccc3)C1N2Cc1ccccc1. The number of hydrogen-bond acceptors (Lipinski definition) is 4. The largest absolute Gasteiger partial charge is 0.362 e. The van der Waals surface area contributed by atoms with Gasteiger partial charge in [0.05, 0.1) is 6.17 Å². The molecule has 3 atom stereocenters.